The van der Waals surface area contributed by atoms with Crippen LogP contribution in [0.15, 0.2) is 47.6 Å². The summed E-state index contributed by atoms with van der Waals surface area (Å²) in [5, 5.41) is 4.09. The second-order valence-corrected chi connectivity index (χ2v) is 7.79. The number of carbonyl (C=O) groups is 1. The Morgan fingerprint density at radius 3 is 2.48 bits per heavy atom. The van der Waals surface area contributed by atoms with E-state index in [9.17, 15) is 17.6 Å². The van der Waals surface area contributed by atoms with Crippen molar-refractivity contribution in [1.29, 1.82) is 0 Å². The van der Waals surface area contributed by atoms with Crippen LogP contribution in [0.3, 0.4) is 0 Å². The lowest BCUT2D eigenvalue weighted by Crippen LogP contribution is -2.31. The first-order chi connectivity index (χ1) is 14.8. The number of benzene rings is 1. The molecule has 0 fully saturated rings. The number of sulfonamides is 1. The summed E-state index contributed by atoms with van der Waals surface area (Å²) in [4.78, 5) is 16.1. The van der Waals surface area contributed by atoms with E-state index in [2.05, 4.69) is 10.1 Å². The molecular formula is C19H19FN4O6S. The molecule has 0 saturated carbocycles. The molecule has 0 aliphatic rings. The standard InChI is InChI=1S/C19H19FN4O6S/c1-28-15-10-16(29-2)17(9-13(15)20)31(26,27)23-18(25)14-6-5-12(19(22-14)30-3)11-24-8-4-7-21-24/h4-10H,11H2,1-3H3,(H,23,25). The van der Waals surface area contributed by atoms with E-state index in [0.717, 1.165) is 6.07 Å². The van der Waals surface area contributed by atoms with Gasteiger partial charge in [0.15, 0.2) is 11.6 Å². The van der Waals surface area contributed by atoms with E-state index < -0.39 is 26.6 Å². The van der Waals surface area contributed by atoms with Gasteiger partial charge in [0.25, 0.3) is 15.9 Å². The number of halogens is 1. The normalized spacial score (nSPS) is 11.1. The van der Waals surface area contributed by atoms with Gasteiger partial charge in [-0.25, -0.2) is 22.5 Å². The molecule has 3 rings (SSSR count). The molecule has 1 N–H and O–H groups in total. The maximum atomic E-state index is 14.1. The number of nitrogens with one attached hydrogen (secondary N) is 1. The summed E-state index contributed by atoms with van der Waals surface area (Å²) in [7, 11) is -0.679. The number of hydrogen-bond acceptors (Lipinski definition) is 8. The number of rotatable bonds is 8. The van der Waals surface area contributed by atoms with E-state index in [1.165, 1.54) is 27.4 Å². The van der Waals surface area contributed by atoms with Crippen LogP contribution < -0.4 is 18.9 Å². The van der Waals surface area contributed by atoms with Gasteiger partial charge in [-0.1, -0.05) is 0 Å². The predicted octanol–water partition coefficient (Wildman–Crippen LogP) is 1.61. The van der Waals surface area contributed by atoms with E-state index in [1.54, 1.807) is 29.2 Å². The fourth-order valence-electron chi connectivity index (χ4n) is 2.73. The molecule has 164 valence electrons. The van der Waals surface area contributed by atoms with Crippen molar-refractivity contribution in [2.45, 2.75) is 11.4 Å². The molecule has 10 nitrogen and oxygen atoms in total. The highest BCUT2D eigenvalue weighted by atomic mass is 32.2. The Hall–Kier alpha value is -3.67. The third kappa shape index (κ3) is 4.74. The van der Waals surface area contributed by atoms with Crippen LogP contribution in [0.5, 0.6) is 17.4 Å². The summed E-state index contributed by atoms with van der Waals surface area (Å²) in [6.07, 6.45) is 3.36. The Balaban J connectivity index is 1.87. The molecule has 0 radical (unpaired) electrons. The topological polar surface area (TPSA) is 122 Å². The Morgan fingerprint density at radius 1 is 1.13 bits per heavy atom. The minimum atomic E-state index is -4.48. The number of nitrogens with zero attached hydrogens (tertiary/aromatic N) is 3. The largest absolute Gasteiger partial charge is 0.495 e. The van der Waals surface area contributed by atoms with Gasteiger partial charge in [-0.15, -0.1) is 0 Å². The third-order valence-corrected chi connectivity index (χ3v) is 5.56. The van der Waals surface area contributed by atoms with Crippen LogP contribution in [0.25, 0.3) is 0 Å². The molecular weight excluding hydrogens is 431 g/mol. The van der Waals surface area contributed by atoms with Crippen molar-refractivity contribution >= 4 is 15.9 Å². The molecule has 2 aromatic heterocycles. The quantitative estimate of drug-likeness (QED) is 0.549. The van der Waals surface area contributed by atoms with Gasteiger partial charge in [0, 0.05) is 30.1 Å². The fraction of sp³-hybridized carbons (Fsp3) is 0.211. The summed E-state index contributed by atoms with van der Waals surface area (Å²) in [5.74, 6) is -2.23. The second-order valence-electron chi connectivity index (χ2n) is 6.14. The Labute approximate surface area is 177 Å². The molecule has 1 amide bonds. The van der Waals surface area contributed by atoms with Gasteiger partial charge in [0.1, 0.15) is 16.3 Å². The number of hydrogen-bond donors (Lipinski definition) is 1. The molecule has 0 saturated heterocycles. The average Bonchev–Trinajstić information content (AvgIpc) is 3.26. The van der Waals surface area contributed by atoms with Crippen molar-refractivity contribution in [1.82, 2.24) is 19.5 Å². The first-order valence-electron chi connectivity index (χ1n) is 8.79. The molecule has 12 heteroatoms. The van der Waals surface area contributed by atoms with Crippen LogP contribution in [-0.4, -0.2) is 50.4 Å². The smallest absolute Gasteiger partial charge is 0.283 e. The minimum absolute atomic E-state index is 0.133. The van der Waals surface area contributed by atoms with Crippen molar-refractivity contribution in [3.63, 3.8) is 0 Å². The minimum Gasteiger partial charge on any atom is -0.495 e. The summed E-state index contributed by atoms with van der Waals surface area (Å²) in [5.41, 5.74) is 0.419. The van der Waals surface area contributed by atoms with Gasteiger partial charge in [0.2, 0.25) is 5.88 Å². The van der Waals surface area contributed by atoms with Gasteiger partial charge < -0.3 is 14.2 Å². The molecule has 0 aliphatic heterocycles. The van der Waals surface area contributed by atoms with Crippen molar-refractivity contribution in [3.8, 4) is 17.4 Å². The van der Waals surface area contributed by atoms with Crippen LogP contribution >= 0.6 is 0 Å². The maximum Gasteiger partial charge on any atom is 0.283 e. The zero-order chi connectivity index (χ0) is 22.6. The summed E-state index contributed by atoms with van der Waals surface area (Å²) < 4.78 is 58.0. The molecule has 1 aromatic carbocycles. The molecule has 0 aliphatic carbocycles. The van der Waals surface area contributed by atoms with E-state index >= 15 is 0 Å². The van der Waals surface area contributed by atoms with Crippen LogP contribution in [-0.2, 0) is 16.6 Å². The predicted molar refractivity (Wildman–Crippen MR) is 106 cm³/mol. The fourth-order valence-corrected chi connectivity index (χ4v) is 3.86. The first-order valence-corrected chi connectivity index (χ1v) is 10.3. The SMILES string of the molecule is COc1cc(OC)c(S(=O)(=O)NC(=O)c2ccc(Cn3cccn3)c(OC)n2)cc1F. The van der Waals surface area contributed by atoms with E-state index in [0.29, 0.717) is 18.2 Å². The maximum absolute atomic E-state index is 14.1. The van der Waals surface area contributed by atoms with E-state index in [4.69, 9.17) is 14.2 Å². The highest BCUT2D eigenvalue weighted by molar-refractivity contribution is 7.90. The molecule has 2 heterocycles. The lowest BCUT2D eigenvalue weighted by molar-refractivity contribution is 0.0975. The number of pyridine rings is 1. The van der Waals surface area contributed by atoms with Crippen LogP contribution in [0.2, 0.25) is 0 Å². The van der Waals surface area contributed by atoms with Crippen LogP contribution in [0.1, 0.15) is 16.1 Å². The highest BCUT2D eigenvalue weighted by Gasteiger charge is 2.26. The Kier molecular flexibility index (Phi) is 6.39. The number of ether oxygens (including phenoxy) is 3. The summed E-state index contributed by atoms with van der Waals surface area (Å²) >= 11 is 0. The van der Waals surface area contributed by atoms with Crippen molar-refractivity contribution in [3.05, 3.63) is 59.8 Å². The van der Waals surface area contributed by atoms with Crippen LogP contribution in [0.4, 0.5) is 4.39 Å². The molecule has 3 aromatic rings. The van der Waals surface area contributed by atoms with Gasteiger partial charge in [-0.2, -0.15) is 5.10 Å². The Morgan fingerprint density at radius 2 is 1.87 bits per heavy atom. The number of amides is 1. The summed E-state index contributed by atoms with van der Waals surface area (Å²) in [6.45, 7) is 0.339. The zero-order valence-corrected chi connectivity index (χ0v) is 17.6. The second kappa shape index (κ2) is 9.00. The molecule has 0 atom stereocenters. The van der Waals surface area contributed by atoms with E-state index in [1.807, 2.05) is 4.72 Å². The zero-order valence-electron chi connectivity index (χ0n) is 16.8. The Bertz CT molecular complexity index is 1200. The molecule has 31 heavy (non-hydrogen) atoms. The molecule has 0 bridgehead atoms. The van der Waals surface area contributed by atoms with Gasteiger partial charge in [0.05, 0.1) is 27.9 Å². The number of aromatic nitrogens is 3. The third-order valence-electron chi connectivity index (χ3n) is 4.21. The first kappa shape index (κ1) is 22.0. The van der Waals surface area contributed by atoms with Gasteiger partial charge >= 0.3 is 0 Å². The van der Waals surface area contributed by atoms with Crippen LogP contribution in [0, 0.1) is 5.82 Å². The lowest BCUT2D eigenvalue weighted by atomic mass is 10.2. The van der Waals surface area contributed by atoms with Gasteiger partial charge in [-0.05, 0) is 18.2 Å². The monoisotopic (exact) mass is 450 g/mol. The van der Waals surface area contributed by atoms with Crippen molar-refractivity contribution < 1.29 is 31.8 Å². The van der Waals surface area contributed by atoms with Crippen molar-refractivity contribution in [2.75, 3.05) is 21.3 Å². The van der Waals surface area contributed by atoms with E-state index in [-0.39, 0.29) is 23.1 Å². The molecule has 0 unspecified atom stereocenters. The number of carbonyl (C=O) groups excluding carboxylic acids is 1. The molecule has 0 spiro atoms. The lowest BCUT2D eigenvalue weighted by Gasteiger charge is -2.13. The van der Waals surface area contributed by atoms with Gasteiger partial charge in [-0.3, -0.25) is 9.48 Å². The number of methoxy groups -OCH3 is 3. The average molecular weight is 450 g/mol. The van der Waals surface area contributed by atoms with Crippen molar-refractivity contribution in [2.24, 2.45) is 0 Å². The summed E-state index contributed by atoms with van der Waals surface area (Å²) in [6, 6.07) is 6.44. The highest BCUT2D eigenvalue weighted by Crippen LogP contribution is 2.31.